The molecule has 0 amide bonds. The molecule has 24 heavy (non-hydrogen) atoms. The van der Waals surface area contributed by atoms with Gasteiger partial charge in [0.1, 0.15) is 23.2 Å². The van der Waals surface area contributed by atoms with E-state index < -0.39 is 11.4 Å². The molecular weight excluding hydrogens is 324 g/mol. The molecule has 2 aromatic heterocycles. The van der Waals surface area contributed by atoms with Crippen LogP contribution in [0.15, 0.2) is 66.0 Å². The van der Waals surface area contributed by atoms with Crippen molar-refractivity contribution in [1.29, 1.82) is 0 Å². The van der Waals surface area contributed by atoms with E-state index in [2.05, 4.69) is 15.0 Å². The van der Waals surface area contributed by atoms with Gasteiger partial charge < -0.3 is 9.29 Å². The van der Waals surface area contributed by atoms with Gasteiger partial charge in [-0.3, -0.25) is 4.98 Å². The molecule has 0 bridgehead atoms. The predicted molar refractivity (Wildman–Crippen MR) is 90.1 cm³/mol. The second kappa shape index (κ2) is 6.10. The summed E-state index contributed by atoms with van der Waals surface area (Å²) in [5.41, 5.74) is 1.05. The predicted octanol–water partition coefficient (Wildman–Crippen LogP) is 3.27. The molecule has 2 unspecified atom stereocenters. The SMILES string of the molecule is CC1c2ccccc2[S+]([O-])N1c1ccnc(Oc2cccnc2)n1. The lowest BCUT2D eigenvalue weighted by Gasteiger charge is -2.21. The molecule has 120 valence electrons. The number of fused-ring (bicyclic) bond motifs is 1. The average molecular weight is 338 g/mol. The Labute approximate surface area is 142 Å². The zero-order valence-corrected chi connectivity index (χ0v) is 13.7. The summed E-state index contributed by atoms with van der Waals surface area (Å²) < 4.78 is 20.2. The lowest BCUT2D eigenvalue weighted by atomic mass is 10.1. The first-order valence-corrected chi connectivity index (χ1v) is 8.55. The summed E-state index contributed by atoms with van der Waals surface area (Å²) in [6.07, 6.45) is 4.85. The first-order valence-electron chi connectivity index (χ1n) is 7.45. The van der Waals surface area contributed by atoms with Crippen molar-refractivity contribution >= 4 is 17.2 Å². The molecule has 0 N–H and O–H groups in total. The minimum atomic E-state index is -1.30. The van der Waals surface area contributed by atoms with Crippen molar-refractivity contribution in [2.24, 2.45) is 0 Å². The molecule has 2 atom stereocenters. The molecule has 1 aromatic carbocycles. The molecule has 0 radical (unpaired) electrons. The van der Waals surface area contributed by atoms with Crippen molar-refractivity contribution in [3.63, 3.8) is 0 Å². The van der Waals surface area contributed by atoms with E-state index in [4.69, 9.17) is 4.74 Å². The molecule has 7 heteroatoms. The monoisotopic (exact) mass is 338 g/mol. The van der Waals surface area contributed by atoms with Gasteiger partial charge in [0.25, 0.3) is 0 Å². The van der Waals surface area contributed by atoms with Gasteiger partial charge in [0.15, 0.2) is 10.7 Å². The van der Waals surface area contributed by atoms with E-state index in [1.54, 1.807) is 41.1 Å². The van der Waals surface area contributed by atoms with Gasteiger partial charge in [-0.15, -0.1) is 0 Å². The van der Waals surface area contributed by atoms with Gasteiger partial charge in [0.05, 0.1) is 6.20 Å². The second-order valence-electron chi connectivity index (χ2n) is 5.28. The Morgan fingerprint density at radius 2 is 2.00 bits per heavy atom. The highest BCUT2D eigenvalue weighted by molar-refractivity contribution is 7.93. The number of benzene rings is 1. The topological polar surface area (TPSA) is 74.2 Å². The number of nitrogens with zero attached hydrogens (tertiary/aromatic N) is 4. The maximum absolute atomic E-state index is 12.8. The fraction of sp³-hybridized carbons (Fsp3) is 0.118. The minimum Gasteiger partial charge on any atom is -0.588 e. The Morgan fingerprint density at radius 1 is 1.12 bits per heavy atom. The molecule has 1 aliphatic heterocycles. The van der Waals surface area contributed by atoms with Crippen LogP contribution in [0.25, 0.3) is 0 Å². The van der Waals surface area contributed by atoms with E-state index in [0.717, 1.165) is 10.5 Å². The molecule has 0 saturated carbocycles. The van der Waals surface area contributed by atoms with Gasteiger partial charge in [0.2, 0.25) is 0 Å². The molecule has 3 aromatic rings. The molecule has 0 aliphatic carbocycles. The maximum Gasteiger partial charge on any atom is 0.324 e. The summed E-state index contributed by atoms with van der Waals surface area (Å²) in [6, 6.07) is 13.2. The maximum atomic E-state index is 12.8. The van der Waals surface area contributed by atoms with E-state index in [-0.39, 0.29) is 12.1 Å². The summed E-state index contributed by atoms with van der Waals surface area (Å²) in [7, 11) is 0. The molecule has 0 fully saturated rings. The smallest absolute Gasteiger partial charge is 0.324 e. The molecule has 1 aliphatic rings. The third kappa shape index (κ3) is 2.57. The lowest BCUT2D eigenvalue weighted by Crippen LogP contribution is -2.27. The van der Waals surface area contributed by atoms with Crippen LogP contribution in [0.4, 0.5) is 5.82 Å². The number of hydrogen-bond donors (Lipinski definition) is 0. The number of ether oxygens (including phenoxy) is 1. The fourth-order valence-electron chi connectivity index (χ4n) is 2.66. The minimum absolute atomic E-state index is 0.0387. The summed E-state index contributed by atoms with van der Waals surface area (Å²) in [6.45, 7) is 2.01. The third-order valence-corrected chi connectivity index (χ3v) is 5.38. The number of aromatic nitrogens is 3. The van der Waals surface area contributed by atoms with E-state index in [1.807, 2.05) is 31.2 Å². The summed E-state index contributed by atoms with van der Waals surface area (Å²) in [5, 5.41) is 0. The first-order chi connectivity index (χ1) is 11.7. The number of anilines is 1. The van der Waals surface area contributed by atoms with Crippen molar-refractivity contribution in [3.05, 3.63) is 66.6 Å². The van der Waals surface area contributed by atoms with Crippen LogP contribution in [0.1, 0.15) is 18.5 Å². The first kappa shape index (κ1) is 14.9. The Kier molecular flexibility index (Phi) is 3.79. The van der Waals surface area contributed by atoms with Crippen molar-refractivity contribution < 1.29 is 9.29 Å². The summed E-state index contributed by atoms with van der Waals surface area (Å²) in [4.78, 5) is 13.3. The highest BCUT2D eigenvalue weighted by atomic mass is 32.2. The number of rotatable bonds is 3. The zero-order valence-electron chi connectivity index (χ0n) is 12.9. The van der Waals surface area contributed by atoms with Gasteiger partial charge >= 0.3 is 6.01 Å². The number of hydrogen-bond acceptors (Lipinski definition) is 6. The van der Waals surface area contributed by atoms with Crippen LogP contribution in [-0.2, 0) is 11.4 Å². The number of pyridine rings is 1. The van der Waals surface area contributed by atoms with Crippen LogP contribution in [0.3, 0.4) is 0 Å². The largest absolute Gasteiger partial charge is 0.588 e. The zero-order chi connectivity index (χ0) is 16.5. The second-order valence-corrected chi connectivity index (χ2v) is 6.61. The van der Waals surface area contributed by atoms with Crippen LogP contribution >= 0.6 is 0 Å². The molecular formula is C17H14N4O2S. The van der Waals surface area contributed by atoms with Crippen LogP contribution in [-0.4, -0.2) is 19.5 Å². The quantitative estimate of drug-likeness (QED) is 0.682. The Balaban J connectivity index is 1.65. The van der Waals surface area contributed by atoms with Crippen molar-refractivity contribution in [2.75, 3.05) is 4.31 Å². The van der Waals surface area contributed by atoms with Gasteiger partial charge in [-0.25, -0.2) is 4.98 Å². The lowest BCUT2D eigenvalue weighted by molar-refractivity contribution is 0.440. The average Bonchev–Trinajstić information content (AvgIpc) is 2.87. The van der Waals surface area contributed by atoms with Gasteiger partial charge in [-0.05, 0) is 25.1 Å². The Hall–Kier alpha value is -2.64. The van der Waals surface area contributed by atoms with Crippen LogP contribution < -0.4 is 9.04 Å². The molecule has 0 spiro atoms. The van der Waals surface area contributed by atoms with Gasteiger partial charge in [-0.2, -0.15) is 9.29 Å². The van der Waals surface area contributed by atoms with Gasteiger partial charge in [-0.1, -0.05) is 18.2 Å². The molecule has 6 nitrogen and oxygen atoms in total. The molecule has 0 saturated heterocycles. The van der Waals surface area contributed by atoms with Gasteiger partial charge in [0, 0.05) is 24.0 Å². The fourth-order valence-corrected chi connectivity index (χ4v) is 4.18. The van der Waals surface area contributed by atoms with Crippen LogP contribution in [0.5, 0.6) is 11.8 Å². The van der Waals surface area contributed by atoms with Crippen molar-refractivity contribution in [1.82, 2.24) is 15.0 Å². The normalized spacial score (nSPS) is 19.2. The van der Waals surface area contributed by atoms with E-state index in [1.165, 1.54) is 0 Å². The highest BCUT2D eigenvalue weighted by Crippen LogP contribution is 2.41. The van der Waals surface area contributed by atoms with E-state index >= 15 is 0 Å². The van der Waals surface area contributed by atoms with Crippen molar-refractivity contribution in [3.8, 4) is 11.8 Å². The molecule has 3 heterocycles. The Morgan fingerprint density at radius 3 is 2.79 bits per heavy atom. The summed E-state index contributed by atoms with van der Waals surface area (Å²) >= 11 is -1.30. The van der Waals surface area contributed by atoms with Crippen LogP contribution in [0.2, 0.25) is 0 Å². The van der Waals surface area contributed by atoms with E-state index in [0.29, 0.717) is 11.6 Å². The standard InChI is InChI=1S/C17H14N4O2S/c1-12-14-6-2-3-7-15(14)24(22)21(12)16-8-10-19-17(20-16)23-13-5-4-9-18-11-13/h2-12H,1H3. The Bertz CT molecular complexity index is 833. The molecule has 4 rings (SSSR count). The van der Waals surface area contributed by atoms with Crippen LogP contribution in [0, 0.1) is 0 Å². The highest BCUT2D eigenvalue weighted by Gasteiger charge is 2.41. The summed E-state index contributed by atoms with van der Waals surface area (Å²) in [5.74, 6) is 1.11. The van der Waals surface area contributed by atoms with E-state index in [9.17, 15) is 4.55 Å². The third-order valence-electron chi connectivity index (χ3n) is 3.78. The van der Waals surface area contributed by atoms with Crippen molar-refractivity contribution in [2.45, 2.75) is 17.9 Å².